The zero-order valence-electron chi connectivity index (χ0n) is 8.74. The number of nitriles is 1. The molecule has 3 nitrogen and oxygen atoms in total. The summed E-state index contributed by atoms with van der Waals surface area (Å²) in [7, 11) is 0. The SMILES string of the molecule is N#Cc1cc(F)cc2c1N1CCC[C@@H]1CO2. The molecule has 0 bridgehead atoms. The molecule has 1 aromatic rings. The van der Waals surface area contributed by atoms with Crippen LogP contribution in [0.1, 0.15) is 18.4 Å². The molecule has 2 aliphatic heterocycles. The van der Waals surface area contributed by atoms with Gasteiger partial charge in [0.1, 0.15) is 24.2 Å². The third kappa shape index (κ3) is 1.25. The minimum atomic E-state index is -0.409. The fraction of sp³-hybridized carbons (Fsp3) is 0.417. The lowest BCUT2D eigenvalue weighted by Crippen LogP contribution is -2.38. The lowest BCUT2D eigenvalue weighted by Gasteiger charge is -2.34. The van der Waals surface area contributed by atoms with Crippen LogP contribution in [-0.2, 0) is 0 Å². The highest BCUT2D eigenvalue weighted by Gasteiger charge is 2.33. The van der Waals surface area contributed by atoms with Crippen molar-refractivity contribution in [3.05, 3.63) is 23.5 Å². The van der Waals surface area contributed by atoms with Crippen LogP contribution in [0.4, 0.5) is 10.1 Å². The highest BCUT2D eigenvalue weighted by molar-refractivity contribution is 5.70. The van der Waals surface area contributed by atoms with E-state index in [1.807, 2.05) is 6.07 Å². The highest BCUT2D eigenvalue weighted by Crippen LogP contribution is 2.40. The molecule has 0 aromatic heterocycles. The van der Waals surface area contributed by atoms with E-state index in [9.17, 15) is 4.39 Å². The number of hydrogen-bond donors (Lipinski definition) is 0. The predicted octanol–water partition coefficient (Wildman–Crippen LogP) is 2.06. The second kappa shape index (κ2) is 3.38. The van der Waals surface area contributed by atoms with Gasteiger partial charge in [0.15, 0.2) is 0 Å². The standard InChI is InChI=1S/C12H11FN2O/c13-9-4-8(6-14)12-11(5-9)16-7-10-2-1-3-15(10)12/h4-5,10H,1-3,7H2/t10-/m1/s1. The Bertz CT molecular complexity index is 481. The van der Waals surface area contributed by atoms with Gasteiger partial charge in [-0.1, -0.05) is 0 Å². The van der Waals surface area contributed by atoms with Crippen LogP contribution < -0.4 is 9.64 Å². The first kappa shape index (κ1) is 9.46. The van der Waals surface area contributed by atoms with Gasteiger partial charge >= 0.3 is 0 Å². The number of halogens is 1. The summed E-state index contributed by atoms with van der Waals surface area (Å²) in [6, 6.07) is 5.05. The smallest absolute Gasteiger partial charge is 0.147 e. The molecule has 0 saturated carbocycles. The topological polar surface area (TPSA) is 36.3 Å². The summed E-state index contributed by atoms with van der Waals surface area (Å²) in [5, 5.41) is 9.04. The minimum Gasteiger partial charge on any atom is -0.489 e. The average molecular weight is 218 g/mol. The molecule has 3 rings (SSSR count). The number of benzene rings is 1. The Morgan fingerprint density at radius 2 is 2.38 bits per heavy atom. The molecule has 1 atom stereocenters. The Labute approximate surface area is 93.0 Å². The van der Waals surface area contributed by atoms with Crippen LogP contribution >= 0.6 is 0 Å². The molecule has 0 unspecified atom stereocenters. The van der Waals surface area contributed by atoms with Crippen LogP contribution in [-0.4, -0.2) is 19.2 Å². The van der Waals surface area contributed by atoms with Crippen LogP contribution in [0.15, 0.2) is 12.1 Å². The molecule has 1 fully saturated rings. The van der Waals surface area contributed by atoms with Gasteiger partial charge in [-0.25, -0.2) is 4.39 Å². The fourth-order valence-electron chi connectivity index (χ4n) is 2.56. The van der Waals surface area contributed by atoms with E-state index < -0.39 is 5.82 Å². The van der Waals surface area contributed by atoms with Gasteiger partial charge in [-0.05, 0) is 18.9 Å². The summed E-state index contributed by atoms with van der Waals surface area (Å²) in [6.45, 7) is 1.53. The minimum absolute atomic E-state index is 0.352. The first-order valence-electron chi connectivity index (χ1n) is 5.42. The van der Waals surface area contributed by atoms with E-state index >= 15 is 0 Å². The number of anilines is 1. The Kier molecular flexibility index (Phi) is 2.00. The van der Waals surface area contributed by atoms with Crippen molar-refractivity contribution in [3.8, 4) is 11.8 Å². The maximum Gasteiger partial charge on any atom is 0.147 e. The average Bonchev–Trinajstić information content (AvgIpc) is 2.75. The van der Waals surface area contributed by atoms with Crippen molar-refractivity contribution in [2.45, 2.75) is 18.9 Å². The van der Waals surface area contributed by atoms with E-state index in [1.54, 1.807) is 0 Å². The summed E-state index contributed by atoms with van der Waals surface area (Å²) in [6.07, 6.45) is 2.19. The molecular formula is C12H11FN2O. The van der Waals surface area contributed by atoms with Crippen LogP contribution in [0.3, 0.4) is 0 Å². The summed E-state index contributed by atoms with van der Waals surface area (Å²) in [5.74, 6) is 0.0997. The lowest BCUT2D eigenvalue weighted by atomic mass is 10.1. The quantitative estimate of drug-likeness (QED) is 0.668. The molecule has 4 heteroatoms. The molecule has 2 heterocycles. The number of hydrogen-bond acceptors (Lipinski definition) is 3. The molecule has 1 aromatic carbocycles. The van der Waals surface area contributed by atoms with Crippen LogP contribution in [0.25, 0.3) is 0 Å². The Morgan fingerprint density at radius 3 is 3.19 bits per heavy atom. The molecular weight excluding hydrogens is 207 g/mol. The van der Waals surface area contributed by atoms with E-state index in [4.69, 9.17) is 10.00 Å². The molecule has 16 heavy (non-hydrogen) atoms. The molecule has 2 aliphatic rings. The summed E-state index contributed by atoms with van der Waals surface area (Å²) in [5.41, 5.74) is 1.15. The third-order valence-corrected chi connectivity index (χ3v) is 3.26. The van der Waals surface area contributed by atoms with E-state index in [-0.39, 0.29) is 0 Å². The van der Waals surface area contributed by atoms with Crippen molar-refractivity contribution in [1.29, 1.82) is 5.26 Å². The predicted molar refractivity (Wildman–Crippen MR) is 57.0 cm³/mol. The van der Waals surface area contributed by atoms with Crippen molar-refractivity contribution in [1.82, 2.24) is 0 Å². The van der Waals surface area contributed by atoms with Gasteiger partial charge < -0.3 is 9.64 Å². The van der Waals surface area contributed by atoms with Gasteiger partial charge in [0.2, 0.25) is 0 Å². The number of rotatable bonds is 0. The summed E-state index contributed by atoms with van der Waals surface area (Å²) in [4.78, 5) is 2.18. The summed E-state index contributed by atoms with van der Waals surface area (Å²) >= 11 is 0. The van der Waals surface area contributed by atoms with E-state index in [1.165, 1.54) is 12.1 Å². The molecule has 0 radical (unpaired) electrons. The van der Waals surface area contributed by atoms with Gasteiger partial charge in [-0.2, -0.15) is 5.26 Å². The Hall–Kier alpha value is -1.76. The van der Waals surface area contributed by atoms with Crippen LogP contribution in [0.2, 0.25) is 0 Å². The molecule has 0 amide bonds. The van der Waals surface area contributed by atoms with Crippen molar-refractivity contribution in [3.63, 3.8) is 0 Å². The zero-order valence-corrected chi connectivity index (χ0v) is 8.74. The van der Waals surface area contributed by atoms with Crippen molar-refractivity contribution in [2.24, 2.45) is 0 Å². The molecule has 0 aliphatic carbocycles. The largest absolute Gasteiger partial charge is 0.489 e. The van der Waals surface area contributed by atoms with Gasteiger partial charge in [-0.3, -0.25) is 0 Å². The van der Waals surface area contributed by atoms with Gasteiger partial charge in [0.25, 0.3) is 0 Å². The van der Waals surface area contributed by atoms with Gasteiger partial charge in [0, 0.05) is 12.6 Å². The zero-order chi connectivity index (χ0) is 11.1. The van der Waals surface area contributed by atoms with E-state index in [0.717, 1.165) is 25.1 Å². The number of ether oxygens (including phenoxy) is 1. The number of nitrogens with zero attached hydrogens (tertiary/aromatic N) is 2. The van der Waals surface area contributed by atoms with Gasteiger partial charge in [0.05, 0.1) is 17.3 Å². The van der Waals surface area contributed by atoms with E-state index in [0.29, 0.717) is 24.0 Å². The van der Waals surface area contributed by atoms with Crippen molar-refractivity contribution in [2.75, 3.05) is 18.1 Å². The maximum absolute atomic E-state index is 13.2. The molecule has 0 spiro atoms. The lowest BCUT2D eigenvalue weighted by molar-refractivity contribution is 0.270. The van der Waals surface area contributed by atoms with Crippen molar-refractivity contribution < 1.29 is 9.13 Å². The summed E-state index contributed by atoms with van der Waals surface area (Å²) < 4.78 is 18.8. The first-order chi connectivity index (χ1) is 7.79. The monoisotopic (exact) mass is 218 g/mol. The fourth-order valence-corrected chi connectivity index (χ4v) is 2.56. The third-order valence-electron chi connectivity index (χ3n) is 3.26. The molecule has 1 saturated heterocycles. The van der Waals surface area contributed by atoms with Gasteiger partial charge in [-0.15, -0.1) is 0 Å². The van der Waals surface area contributed by atoms with Crippen molar-refractivity contribution >= 4 is 5.69 Å². The first-order valence-corrected chi connectivity index (χ1v) is 5.42. The van der Waals surface area contributed by atoms with E-state index in [2.05, 4.69) is 4.90 Å². The maximum atomic E-state index is 13.2. The Balaban J connectivity index is 2.17. The normalized spacial score (nSPS) is 22.0. The molecule has 82 valence electrons. The Morgan fingerprint density at radius 1 is 1.50 bits per heavy atom. The number of fused-ring (bicyclic) bond motifs is 3. The van der Waals surface area contributed by atoms with Crippen LogP contribution in [0, 0.1) is 17.1 Å². The van der Waals surface area contributed by atoms with Crippen LogP contribution in [0.5, 0.6) is 5.75 Å². The molecule has 0 N–H and O–H groups in total. The second-order valence-corrected chi connectivity index (χ2v) is 4.21. The second-order valence-electron chi connectivity index (χ2n) is 4.21. The highest BCUT2D eigenvalue weighted by atomic mass is 19.1.